The number of nitrogens with two attached hydrogens (primary N) is 2. The van der Waals surface area contributed by atoms with Gasteiger partial charge in [-0.1, -0.05) is 69.7 Å². The largest absolute Gasteiger partial charge is 0.361 e. The minimum absolute atomic E-state index is 0.125. The van der Waals surface area contributed by atoms with Gasteiger partial charge in [0.2, 0.25) is 0 Å². The fraction of sp³-hybridized carbons (Fsp3) is 0.407. The van der Waals surface area contributed by atoms with Gasteiger partial charge in [0.1, 0.15) is 5.66 Å². The maximum Gasteiger partial charge on any atom is 0.132 e. The first-order chi connectivity index (χ1) is 14.6. The predicted octanol–water partition coefficient (Wildman–Crippen LogP) is 5.33. The number of rotatable bonds is 6. The molecule has 1 heterocycles. The molecule has 31 heavy (non-hydrogen) atoms. The summed E-state index contributed by atoms with van der Waals surface area (Å²) in [6.07, 6.45) is 2.06. The molecule has 3 aromatic rings. The normalized spacial score (nSPS) is 19.7. The van der Waals surface area contributed by atoms with Crippen LogP contribution in [0.4, 0.5) is 0 Å². The summed E-state index contributed by atoms with van der Waals surface area (Å²) in [4.78, 5) is 3.75. The van der Waals surface area contributed by atoms with Gasteiger partial charge in [-0.15, -0.1) is 0 Å². The first-order valence-corrected chi connectivity index (χ1v) is 11.3. The third-order valence-electron chi connectivity index (χ3n) is 7.80. The lowest BCUT2D eigenvalue weighted by molar-refractivity contribution is 0.435. The standard InChI is InChI=1S/C27H36N4/c1-7-25(4,5)23-13-14-24(30-23)26(6,8-2)18-10-12-20-19-11-9-17(3)15-21(19)27(28,31-29)22(20)16-18/h9-16,30-31H,7-8,28-29H2,1-6H3. The van der Waals surface area contributed by atoms with Crippen LogP contribution in [0.3, 0.4) is 0 Å². The van der Waals surface area contributed by atoms with Gasteiger partial charge < -0.3 is 10.7 Å². The average Bonchev–Trinajstić information content (AvgIpc) is 3.37. The van der Waals surface area contributed by atoms with Crippen molar-refractivity contribution < 1.29 is 0 Å². The van der Waals surface area contributed by atoms with Crippen LogP contribution in [0, 0.1) is 6.92 Å². The summed E-state index contributed by atoms with van der Waals surface area (Å²) >= 11 is 0. The second kappa shape index (κ2) is 7.33. The third-order valence-corrected chi connectivity index (χ3v) is 7.80. The van der Waals surface area contributed by atoms with Crippen LogP contribution in [0.1, 0.15) is 81.1 Å². The van der Waals surface area contributed by atoms with E-state index in [1.807, 2.05) is 0 Å². The molecule has 1 aromatic heterocycles. The van der Waals surface area contributed by atoms with Crippen molar-refractivity contribution in [1.82, 2.24) is 10.4 Å². The van der Waals surface area contributed by atoms with Crippen molar-refractivity contribution >= 4 is 0 Å². The van der Waals surface area contributed by atoms with Gasteiger partial charge in [-0.25, -0.2) is 5.43 Å². The van der Waals surface area contributed by atoms with Crippen molar-refractivity contribution in [2.45, 2.75) is 70.9 Å². The molecule has 0 saturated heterocycles. The second-order valence-corrected chi connectivity index (χ2v) is 9.97. The lowest BCUT2D eigenvalue weighted by Crippen LogP contribution is -2.53. The fourth-order valence-electron chi connectivity index (χ4n) is 4.82. The summed E-state index contributed by atoms with van der Waals surface area (Å²) in [5, 5.41) is 0. The summed E-state index contributed by atoms with van der Waals surface area (Å²) in [6, 6.07) is 17.6. The molecule has 2 atom stereocenters. The van der Waals surface area contributed by atoms with Gasteiger partial charge in [0.15, 0.2) is 0 Å². The molecule has 0 saturated carbocycles. The van der Waals surface area contributed by atoms with Gasteiger partial charge in [0, 0.05) is 33.3 Å². The summed E-state index contributed by atoms with van der Waals surface area (Å²) in [5.74, 6) is 6.04. The number of hydrogen-bond acceptors (Lipinski definition) is 3. The number of aromatic nitrogens is 1. The Bertz CT molecular complexity index is 1130. The van der Waals surface area contributed by atoms with Gasteiger partial charge in [0.05, 0.1) is 0 Å². The molecule has 2 aromatic carbocycles. The van der Waals surface area contributed by atoms with E-state index in [2.05, 4.69) is 100 Å². The Kier molecular flexibility index (Phi) is 5.16. The van der Waals surface area contributed by atoms with Crippen molar-refractivity contribution in [3.05, 3.63) is 82.2 Å². The Morgan fingerprint density at radius 2 is 1.48 bits per heavy atom. The molecule has 0 radical (unpaired) electrons. The third kappa shape index (κ3) is 3.16. The number of H-pyrrole nitrogens is 1. The fourth-order valence-corrected chi connectivity index (χ4v) is 4.82. The van der Waals surface area contributed by atoms with Crippen LogP contribution in [-0.4, -0.2) is 4.98 Å². The maximum atomic E-state index is 6.88. The van der Waals surface area contributed by atoms with Crippen LogP contribution in [0.2, 0.25) is 0 Å². The van der Waals surface area contributed by atoms with Gasteiger partial charge in [-0.05, 0) is 55.5 Å². The zero-order chi connectivity index (χ0) is 22.6. The van der Waals surface area contributed by atoms with Crippen molar-refractivity contribution in [2.24, 2.45) is 11.6 Å². The number of benzene rings is 2. The van der Waals surface area contributed by atoms with E-state index in [0.717, 1.165) is 35.1 Å². The minimum atomic E-state index is -0.896. The Hall–Kier alpha value is -2.40. The SMILES string of the molecule is CCC(C)(C)c1ccc(C(C)(CC)c2ccc3c(c2)C(N)(NN)c2cc(C)ccc2-3)[nH]1. The smallest absolute Gasteiger partial charge is 0.132 e. The molecule has 4 nitrogen and oxygen atoms in total. The highest BCUT2D eigenvalue weighted by Crippen LogP contribution is 2.47. The molecule has 1 aliphatic carbocycles. The van der Waals surface area contributed by atoms with Crippen LogP contribution in [0.15, 0.2) is 48.5 Å². The molecule has 0 aliphatic heterocycles. The van der Waals surface area contributed by atoms with Crippen molar-refractivity contribution in [3.8, 4) is 11.1 Å². The van der Waals surface area contributed by atoms with E-state index in [1.165, 1.54) is 22.5 Å². The van der Waals surface area contributed by atoms with Crippen molar-refractivity contribution in [2.75, 3.05) is 0 Å². The minimum Gasteiger partial charge on any atom is -0.361 e. The molecule has 164 valence electrons. The number of hydrogen-bond donors (Lipinski definition) is 4. The highest BCUT2D eigenvalue weighted by atomic mass is 15.3. The lowest BCUT2D eigenvalue weighted by Gasteiger charge is -2.32. The number of hydrazine groups is 1. The van der Waals surface area contributed by atoms with Gasteiger partial charge in [0.25, 0.3) is 0 Å². The maximum absolute atomic E-state index is 6.88. The monoisotopic (exact) mass is 416 g/mol. The Morgan fingerprint density at radius 3 is 2.10 bits per heavy atom. The highest BCUT2D eigenvalue weighted by molar-refractivity contribution is 5.81. The summed E-state index contributed by atoms with van der Waals surface area (Å²) < 4.78 is 0. The first-order valence-electron chi connectivity index (χ1n) is 11.3. The predicted molar refractivity (Wildman–Crippen MR) is 130 cm³/mol. The highest BCUT2D eigenvalue weighted by Gasteiger charge is 2.41. The number of aromatic amines is 1. The van der Waals surface area contributed by atoms with Crippen LogP contribution < -0.4 is 17.0 Å². The summed E-state index contributed by atoms with van der Waals surface area (Å²) in [5.41, 5.74) is 18.2. The van der Waals surface area contributed by atoms with E-state index in [4.69, 9.17) is 11.6 Å². The number of nitrogens with one attached hydrogen (secondary N) is 2. The molecule has 6 N–H and O–H groups in total. The van der Waals surface area contributed by atoms with Crippen LogP contribution >= 0.6 is 0 Å². The Morgan fingerprint density at radius 1 is 0.871 bits per heavy atom. The number of fused-ring (bicyclic) bond motifs is 3. The lowest BCUT2D eigenvalue weighted by atomic mass is 9.76. The summed E-state index contributed by atoms with van der Waals surface area (Å²) in [6.45, 7) is 13.4. The van der Waals surface area contributed by atoms with Crippen LogP contribution in [0.25, 0.3) is 11.1 Å². The molecule has 0 amide bonds. The first kappa shape index (κ1) is 21.8. The molecule has 0 fully saturated rings. The van der Waals surface area contributed by atoms with Crippen molar-refractivity contribution in [1.29, 1.82) is 0 Å². The molecule has 4 heteroatoms. The Balaban J connectivity index is 1.84. The van der Waals surface area contributed by atoms with E-state index in [9.17, 15) is 0 Å². The van der Waals surface area contributed by atoms with E-state index in [0.29, 0.717) is 0 Å². The molecule has 2 unspecified atom stereocenters. The molecular formula is C27H36N4. The van der Waals surface area contributed by atoms with Crippen LogP contribution in [-0.2, 0) is 16.5 Å². The second-order valence-electron chi connectivity index (χ2n) is 9.97. The van der Waals surface area contributed by atoms with Gasteiger partial charge >= 0.3 is 0 Å². The average molecular weight is 417 g/mol. The van der Waals surface area contributed by atoms with Gasteiger partial charge in [-0.3, -0.25) is 5.84 Å². The molecule has 0 spiro atoms. The quantitative estimate of drug-likeness (QED) is 0.249. The van der Waals surface area contributed by atoms with E-state index < -0.39 is 5.66 Å². The Labute approximate surface area is 186 Å². The molecule has 4 rings (SSSR count). The molecule has 1 aliphatic rings. The van der Waals surface area contributed by atoms with Gasteiger partial charge in [-0.2, -0.15) is 0 Å². The van der Waals surface area contributed by atoms with E-state index in [-0.39, 0.29) is 10.8 Å². The topological polar surface area (TPSA) is 79.9 Å². The van der Waals surface area contributed by atoms with E-state index >= 15 is 0 Å². The zero-order valence-corrected chi connectivity index (χ0v) is 19.7. The molecule has 0 bridgehead atoms. The zero-order valence-electron chi connectivity index (χ0n) is 19.7. The van der Waals surface area contributed by atoms with Crippen molar-refractivity contribution in [3.63, 3.8) is 0 Å². The van der Waals surface area contributed by atoms with E-state index in [1.54, 1.807) is 0 Å². The van der Waals surface area contributed by atoms with Crippen LogP contribution in [0.5, 0.6) is 0 Å². The number of aryl methyl sites for hydroxylation is 1. The molecular weight excluding hydrogens is 380 g/mol. The summed E-state index contributed by atoms with van der Waals surface area (Å²) in [7, 11) is 0.